The van der Waals surface area contributed by atoms with Crippen molar-refractivity contribution >= 4 is 23.5 Å². The number of rotatable bonds is 4. The Labute approximate surface area is 115 Å². The maximum absolute atomic E-state index is 11.9. The van der Waals surface area contributed by atoms with Gasteiger partial charge in [0.05, 0.1) is 12.3 Å². The monoisotopic (exact) mass is 277 g/mol. The number of nitrogen functional groups attached to an aromatic ring is 1. The number of carbonyl (C=O) groups is 1. The fraction of sp³-hybridized carbons (Fsp3) is 0.231. The Balaban J connectivity index is 2.51. The number of para-hydroxylation sites is 1. The Bertz CT molecular complexity index is 581. The van der Waals surface area contributed by atoms with Gasteiger partial charge in [0, 0.05) is 0 Å². The maximum Gasteiger partial charge on any atom is 0.344 e. The highest BCUT2D eigenvalue weighted by Crippen LogP contribution is 2.27. The SMILES string of the molecule is CCOC(=O)c1c(SC)nn(-c2ccccc2)c1N. The highest BCUT2D eigenvalue weighted by Gasteiger charge is 2.23. The van der Waals surface area contributed by atoms with Crippen molar-refractivity contribution in [3.63, 3.8) is 0 Å². The second kappa shape index (κ2) is 5.79. The van der Waals surface area contributed by atoms with Crippen LogP contribution in [0.25, 0.3) is 5.69 Å². The molecule has 0 unspecified atom stereocenters. The van der Waals surface area contributed by atoms with E-state index in [4.69, 9.17) is 10.5 Å². The van der Waals surface area contributed by atoms with Gasteiger partial charge in [-0.3, -0.25) is 0 Å². The summed E-state index contributed by atoms with van der Waals surface area (Å²) < 4.78 is 6.57. The van der Waals surface area contributed by atoms with Gasteiger partial charge in [-0.15, -0.1) is 11.8 Å². The summed E-state index contributed by atoms with van der Waals surface area (Å²) in [5, 5.41) is 4.92. The van der Waals surface area contributed by atoms with Gasteiger partial charge in [0.15, 0.2) is 0 Å². The molecule has 1 heterocycles. The molecular formula is C13H15N3O2S. The predicted molar refractivity (Wildman–Crippen MR) is 75.7 cm³/mol. The van der Waals surface area contributed by atoms with Crippen molar-refractivity contribution < 1.29 is 9.53 Å². The number of hydrogen-bond acceptors (Lipinski definition) is 5. The van der Waals surface area contributed by atoms with Crippen molar-refractivity contribution in [3.05, 3.63) is 35.9 Å². The van der Waals surface area contributed by atoms with Crippen molar-refractivity contribution in [3.8, 4) is 5.69 Å². The van der Waals surface area contributed by atoms with E-state index >= 15 is 0 Å². The zero-order valence-electron chi connectivity index (χ0n) is 10.8. The first-order valence-electron chi connectivity index (χ1n) is 5.84. The number of nitrogens with zero attached hydrogens (tertiary/aromatic N) is 2. The Kier molecular flexibility index (Phi) is 4.11. The van der Waals surface area contributed by atoms with E-state index in [0.29, 0.717) is 23.0 Å². The smallest absolute Gasteiger partial charge is 0.344 e. The van der Waals surface area contributed by atoms with Crippen LogP contribution in [0.1, 0.15) is 17.3 Å². The second-order valence-corrected chi connectivity index (χ2v) is 4.53. The van der Waals surface area contributed by atoms with Crippen molar-refractivity contribution in [2.45, 2.75) is 11.9 Å². The van der Waals surface area contributed by atoms with Crippen LogP contribution in [-0.4, -0.2) is 28.6 Å². The van der Waals surface area contributed by atoms with Gasteiger partial charge >= 0.3 is 5.97 Å². The highest BCUT2D eigenvalue weighted by atomic mass is 32.2. The first kappa shape index (κ1) is 13.5. The highest BCUT2D eigenvalue weighted by molar-refractivity contribution is 7.98. The van der Waals surface area contributed by atoms with E-state index < -0.39 is 5.97 Å². The molecule has 0 aliphatic rings. The molecular weight excluding hydrogens is 262 g/mol. The molecule has 19 heavy (non-hydrogen) atoms. The molecule has 0 aliphatic heterocycles. The molecule has 0 saturated heterocycles. The molecule has 100 valence electrons. The summed E-state index contributed by atoms with van der Waals surface area (Å²) in [5.41, 5.74) is 7.17. The van der Waals surface area contributed by atoms with Crippen molar-refractivity contribution in [2.24, 2.45) is 0 Å². The van der Waals surface area contributed by atoms with Gasteiger partial charge in [-0.2, -0.15) is 5.10 Å². The lowest BCUT2D eigenvalue weighted by molar-refractivity contribution is 0.0523. The minimum atomic E-state index is -0.438. The Morgan fingerprint density at radius 1 is 1.42 bits per heavy atom. The van der Waals surface area contributed by atoms with Gasteiger partial charge in [0.1, 0.15) is 16.4 Å². The number of benzene rings is 1. The summed E-state index contributed by atoms with van der Waals surface area (Å²) in [4.78, 5) is 11.9. The standard InChI is InChI=1S/C13H15N3O2S/c1-3-18-13(17)10-11(14)16(15-12(10)19-2)9-7-5-4-6-8-9/h4-8H,3,14H2,1-2H3. The quantitative estimate of drug-likeness (QED) is 0.686. The molecule has 0 fully saturated rings. The fourth-order valence-electron chi connectivity index (χ4n) is 1.71. The van der Waals surface area contributed by atoms with Gasteiger partial charge in [0.25, 0.3) is 0 Å². The van der Waals surface area contributed by atoms with Crippen LogP contribution in [0, 0.1) is 0 Å². The van der Waals surface area contributed by atoms with E-state index in [0.717, 1.165) is 5.69 Å². The van der Waals surface area contributed by atoms with E-state index in [1.165, 1.54) is 11.8 Å². The van der Waals surface area contributed by atoms with Crippen LogP contribution < -0.4 is 5.73 Å². The van der Waals surface area contributed by atoms with Crippen molar-refractivity contribution in [1.29, 1.82) is 0 Å². The third-order valence-corrected chi connectivity index (χ3v) is 3.24. The molecule has 1 aromatic carbocycles. The molecule has 0 spiro atoms. The largest absolute Gasteiger partial charge is 0.462 e. The normalized spacial score (nSPS) is 10.4. The summed E-state index contributed by atoms with van der Waals surface area (Å²) in [5.74, 6) is -0.138. The molecule has 2 rings (SSSR count). The van der Waals surface area contributed by atoms with E-state index in [9.17, 15) is 4.79 Å². The second-order valence-electron chi connectivity index (χ2n) is 3.74. The van der Waals surface area contributed by atoms with Crippen LogP contribution in [0.4, 0.5) is 5.82 Å². The minimum Gasteiger partial charge on any atom is -0.462 e. The molecule has 1 aromatic heterocycles. The molecule has 0 atom stereocenters. The lowest BCUT2D eigenvalue weighted by atomic mass is 10.3. The molecule has 0 saturated carbocycles. The molecule has 0 radical (unpaired) electrons. The Morgan fingerprint density at radius 3 is 2.68 bits per heavy atom. The van der Waals surface area contributed by atoms with Gasteiger partial charge in [-0.05, 0) is 25.3 Å². The maximum atomic E-state index is 11.9. The summed E-state index contributed by atoms with van der Waals surface area (Å²) in [6.07, 6.45) is 1.85. The number of ether oxygens (including phenoxy) is 1. The molecule has 0 bridgehead atoms. The van der Waals surface area contributed by atoms with Gasteiger partial charge in [0.2, 0.25) is 0 Å². The number of aromatic nitrogens is 2. The molecule has 0 amide bonds. The first-order chi connectivity index (χ1) is 9.19. The number of esters is 1. The van der Waals surface area contributed by atoms with E-state index in [-0.39, 0.29) is 0 Å². The van der Waals surface area contributed by atoms with Crippen LogP contribution in [-0.2, 0) is 4.74 Å². The average Bonchev–Trinajstić information content (AvgIpc) is 2.77. The number of nitrogens with two attached hydrogens (primary N) is 1. The average molecular weight is 277 g/mol. The predicted octanol–water partition coefficient (Wildman–Crippen LogP) is 2.35. The van der Waals surface area contributed by atoms with Crippen LogP contribution >= 0.6 is 11.8 Å². The van der Waals surface area contributed by atoms with E-state index in [1.807, 2.05) is 36.6 Å². The molecule has 0 aliphatic carbocycles. The topological polar surface area (TPSA) is 70.1 Å². The van der Waals surface area contributed by atoms with Crippen molar-refractivity contribution in [2.75, 3.05) is 18.6 Å². The minimum absolute atomic E-state index is 0.300. The summed E-state index contributed by atoms with van der Waals surface area (Å²) in [6, 6.07) is 9.44. The Hall–Kier alpha value is -1.95. The van der Waals surface area contributed by atoms with Crippen LogP contribution in [0.3, 0.4) is 0 Å². The zero-order valence-corrected chi connectivity index (χ0v) is 11.6. The van der Waals surface area contributed by atoms with E-state index in [1.54, 1.807) is 11.6 Å². The Morgan fingerprint density at radius 2 is 2.11 bits per heavy atom. The summed E-state index contributed by atoms with van der Waals surface area (Å²) >= 11 is 1.37. The van der Waals surface area contributed by atoms with Crippen molar-refractivity contribution in [1.82, 2.24) is 9.78 Å². The van der Waals surface area contributed by atoms with Crippen LogP contribution in [0.5, 0.6) is 0 Å². The summed E-state index contributed by atoms with van der Waals surface area (Å²) in [7, 11) is 0. The molecule has 2 N–H and O–H groups in total. The number of thioether (sulfide) groups is 1. The summed E-state index contributed by atoms with van der Waals surface area (Å²) in [6.45, 7) is 2.07. The zero-order chi connectivity index (χ0) is 13.8. The fourth-order valence-corrected chi connectivity index (χ4v) is 2.27. The lowest BCUT2D eigenvalue weighted by Crippen LogP contribution is -2.09. The molecule has 5 nitrogen and oxygen atoms in total. The van der Waals surface area contributed by atoms with Crippen LogP contribution in [0.2, 0.25) is 0 Å². The first-order valence-corrected chi connectivity index (χ1v) is 7.06. The number of carbonyl (C=O) groups excluding carboxylic acids is 1. The van der Waals surface area contributed by atoms with Gasteiger partial charge in [-0.25, -0.2) is 9.48 Å². The van der Waals surface area contributed by atoms with Crippen LogP contribution in [0.15, 0.2) is 35.4 Å². The van der Waals surface area contributed by atoms with Gasteiger partial charge < -0.3 is 10.5 Å². The van der Waals surface area contributed by atoms with Gasteiger partial charge in [-0.1, -0.05) is 18.2 Å². The lowest BCUT2D eigenvalue weighted by Gasteiger charge is -2.04. The third-order valence-electron chi connectivity index (χ3n) is 2.56. The number of anilines is 1. The molecule has 2 aromatic rings. The van der Waals surface area contributed by atoms with E-state index in [2.05, 4.69) is 5.10 Å². The third kappa shape index (κ3) is 2.58. The number of hydrogen-bond donors (Lipinski definition) is 1. The molecule has 6 heteroatoms.